The maximum absolute atomic E-state index is 12.2. The smallest absolute Gasteiger partial charge is 0.145 e. The van der Waals surface area contributed by atoms with Gasteiger partial charge in [0.25, 0.3) is 0 Å². The van der Waals surface area contributed by atoms with Crippen LogP contribution >= 0.6 is 0 Å². The molecule has 1 aliphatic rings. The molecule has 1 atom stereocenters. The van der Waals surface area contributed by atoms with Gasteiger partial charge >= 0.3 is 0 Å². The lowest BCUT2D eigenvalue weighted by Gasteiger charge is -2.33. The summed E-state index contributed by atoms with van der Waals surface area (Å²) in [6.45, 7) is 9.85. The first kappa shape index (κ1) is 14.3. The third kappa shape index (κ3) is 3.24. The topological polar surface area (TPSA) is 38.7 Å². The highest BCUT2D eigenvalue weighted by Gasteiger charge is 2.32. The normalized spacial score (nSPS) is 21.6. The Morgan fingerprint density at radius 3 is 2.53 bits per heavy atom. The summed E-state index contributed by atoms with van der Waals surface area (Å²) < 4.78 is 22.3. The van der Waals surface area contributed by atoms with E-state index in [2.05, 4.69) is 4.40 Å². The first-order chi connectivity index (χ1) is 8.69. The molecule has 1 aromatic carbocycles. The molecular weight excluding hydrogens is 258 g/mol. The van der Waals surface area contributed by atoms with Gasteiger partial charge in [-0.15, -0.1) is 0 Å². The van der Waals surface area contributed by atoms with E-state index in [0.717, 1.165) is 17.0 Å². The second kappa shape index (κ2) is 4.75. The molecule has 0 fully saturated rings. The quantitative estimate of drug-likeness (QED) is 0.789. The fourth-order valence-electron chi connectivity index (χ4n) is 1.94. The van der Waals surface area contributed by atoms with Crippen molar-refractivity contribution in [3.8, 4) is 5.75 Å². The summed E-state index contributed by atoms with van der Waals surface area (Å²) in [7, 11) is -1.24. The summed E-state index contributed by atoms with van der Waals surface area (Å²) in [5.74, 6) is 0.823. The van der Waals surface area contributed by atoms with E-state index < -0.39 is 11.0 Å². The molecule has 0 saturated carbocycles. The molecule has 0 radical (unpaired) electrons. The molecule has 0 aromatic heterocycles. The lowest BCUT2D eigenvalue weighted by molar-refractivity contribution is 0.111. The fourth-order valence-corrected chi connectivity index (χ4v) is 2.58. The lowest BCUT2D eigenvalue weighted by atomic mass is 9.93. The average molecular weight is 279 g/mol. The Balaban J connectivity index is 2.46. The van der Waals surface area contributed by atoms with Gasteiger partial charge in [0, 0.05) is 12.0 Å². The number of fused-ring (bicyclic) bond motifs is 1. The maximum atomic E-state index is 12.2. The summed E-state index contributed by atoms with van der Waals surface area (Å²) in [5.41, 5.74) is 1.52. The highest BCUT2D eigenvalue weighted by atomic mass is 32.2. The summed E-state index contributed by atoms with van der Waals surface area (Å²) >= 11 is 0. The molecule has 0 spiro atoms. The van der Waals surface area contributed by atoms with Crippen LogP contribution in [0.4, 0.5) is 0 Å². The van der Waals surface area contributed by atoms with E-state index in [0.29, 0.717) is 6.42 Å². The zero-order chi connectivity index (χ0) is 14.3. The molecule has 0 saturated heterocycles. The summed E-state index contributed by atoms with van der Waals surface area (Å²) in [6.07, 6.45) is 0.672. The van der Waals surface area contributed by atoms with E-state index in [1.807, 2.05) is 58.9 Å². The number of rotatable bonds is 1. The van der Waals surface area contributed by atoms with Crippen LogP contribution in [-0.4, -0.2) is 20.3 Å². The SMILES string of the molecule is CC1(C)C/C(=N\[S@@](=O)C(C)(C)C)c2ccccc2O1. The van der Waals surface area contributed by atoms with Crippen molar-refractivity contribution in [1.82, 2.24) is 0 Å². The van der Waals surface area contributed by atoms with Crippen molar-refractivity contribution in [2.24, 2.45) is 4.40 Å². The Labute approximate surface area is 117 Å². The second-order valence-electron chi connectivity index (χ2n) is 6.43. The highest BCUT2D eigenvalue weighted by molar-refractivity contribution is 7.85. The second-order valence-corrected chi connectivity index (χ2v) is 8.34. The molecule has 1 heterocycles. The minimum absolute atomic E-state index is 0.310. The highest BCUT2D eigenvalue weighted by Crippen LogP contribution is 2.33. The van der Waals surface area contributed by atoms with E-state index in [1.165, 1.54) is 0 Å². The van der Waals surface area contributed by atoms with Gasteiger partial charge in [0.15, 0.2) is 0 Å². The molecule has 104 valence electrons. The van der Waals surface area contributed by atoms with Crippen LogP contribution in [0.2, 0.25) is 0 Å². The standard InChI is InChI=1S/C15H21NO2S/c1-14(2,3)19(17)16-12-10-15(4,5)18-13-9-7-6-8-11(12)13/h6-9H,10H2,1-5H3/b16-12+/t19-/m0/s1. The van der Waals surface area contributed by atoms with Gasteiger partial charge < -0.3 is 4.74 Å². The van der Waals surface area contributed by atoms with Gasteiger partial charge in [-0.2, -0.15) is 4.40 Å². The number of nitrogens with zero attached hydrogens (tertiary/aromatic N) is 1. The molecule has 0 unspecified atom stereocenters. The first-order valence-electron chi connectivity index (χ1n) is 6.47. The van der Waals surface area contributed by atoms with Crippen molar-refractivity contribution in [3.63, 3.8) is 0 Å². The van der Waals surface area contributed by atoms with Crippen LogP contribution in [0.5, 0.6) is 5.75 Å². The Morgan fingerprint density at radius 2 is 1.89 bits per heavy atom. The zero-order valence-corrected chi connectivity index (χ0v) is 13.0. The molecular formula is C15H21NO2S. The van der Waals surface area contributed by atoms with Gasteiger partial charge in [-0.1, -0.05) is 12.1 Å². The van der Waals surface area contributed by atoms with Gasteiger partial charge in [0.05, 0.1) is 10.5 Å². The fraction of sp³-hybridized carbons (Fsp3) is 0.533. The summed E-state index contributed by atoms with van der Waals surface area (Å²) in [4.78, 5) is 0. The molecule has 0 N–H and O–H groups in total. The van der Waals surface area contributed by atoms with E-state index in [-0.39, 0.29) is 10.3 Å². The largest absolute Gasteiger partial charge is 0.487 e. The molecule has 1 aromatic rings. The number of hydrogen-bond donors (Lipinski definition) is 0. The first-order valence-corrected chi connectivity index (χ1v) is 7.58. The van der Waals surface area contributed by atoms with Gasteiger partial charge in [-0.3, -0.25) is 0 Å². The van der Waals surface area contributed by atoms with Gasteiger partial charge in [-0.25, -0.2) is 4.21 Å². The van der Waals surface area contributed by atoms with Gasteiger partial charge in [-0.05, 0) is 46.8 Å². The Hall–Kier alpha value is -1.16. The predicted molar refractivity (Wildman–Crippen MR) is 80.2 cm³/mol. The zero-order valence-electron chi connectivity index (χ0n) is 12.2. The Morgan fingerprint density at radius 1 is 1.26 bits per heavy atom. The molecule has 2 rings (SSSR count). The van der Waals surface area contributed by atoms with Crippen LogP contribution in [0.25, 0.3) is 0 Å². The van der Waals surface area contributed by atoms with E-state index in [9.17, 15) is 4.21 Å². The number of para-hydroxylation sites is 1. The molecule has 19 heavy (non-hydrogen) atoms. The van der Waals surface area contributed by atoms with E-state index in [4.69, 9.17) is 4.74 Å². The third-order valence-electron chi connectivity index (χ3n) is 2.89. The Bertz CT molecular complexity index is 541. The molecule has 0 aliphatic carbocycles. The van der Waals surface area contributed by atoms with Gasteiger partial charge in [0.2, 0.25) is 0 Å². The average Bonchev–Trinajstić information content (AvgIpc) is 2.26. The van der Waals surface area contributed by atoms with Crippen molar-refractivity contribution < 1.29 is 8.95 Å². The van der Waals surface area contributed by atoms with Crippen LogP contribution < -0.4 is 4.74 Å². The van der Waals surface area contributed by atoms with Crippen LogP contribution in [-0.2, 0) is 11.0 Å². The monoisotopic (exact) mass is 279 g/mol. The van der Waals surface area contributed by atoms with Crippen molar-refractivity contribution in [2.75, 3.05) is 0 Å². The van der Waals surface area contributed by atoms with Crippen molar-refractivity contribution in [1.29, 1.82) is 0 Å². The Kier molecular flexibility index (Phi) is 3.56. The van der Waals surface area contributed by atoms with E-state index in [1.54, 1.807) is 0 Å². The lowest BCUT2D eigenvalue weighted by Crippen LogP contribution is -2.36. The van der Waals surface area contributed by atoms with Crippen LogP contribution in [0.15, 0.2) is 28.7 Å². The summed E-state index contributed by atoms with van der Waals surface area (Å²) in [5, 5.41) is 0. The van der Waals surface area contributed by atoms with Crippen LogP contribution in [0.1, 0.15) is 46.6 Å². The molecule has 4 heteroatoms. The van der Waals surface area contributed by atoms with Gasteiger partial charge in [0.1, 0.15) is 22.3 Å². The summed E-state index contributed by atoms with van der Waals surface area (Å²) in [6, 6.07) is 7.81. The van der Waals surface area contributed by atoms with Crippen LogP contribution in [0.3, 0.4) is 0 Å². The molecule has 3 nitrogen and oxygen atoms in total. The number of benzene rings is 1. The number of ether oxygens (including phenoxy) is 1. The minimum atomic E-state index is -1.24. The third-order valence-corrected chi connectivity index (χ3v) is 4.33. The molecule has 1 aliphatic heterocycles. The minimum Gasteiger partial charge on any atom is -0.487 e. The van der Waals surface area contributed by atoms with Crippen molar-refractivity contribution in [3.05, 3.63) is 29.8 Å². The predicted octanol–water partition coefficient (Wildman–Crippen LogP) is 3.50. The molecule has 0 bridgehead atoms. The molecule has 0 amide bonds. The maximum Gasteiger partial charge on any atom is 0.145 e. The van der Waals surface area contributed by atoms with Crippen molar-refractivity contribution >= 4 is 16.7 Å². The number of hydrogen-bond acceptors (Lipinski definition) is 2. The van der Waals surface area contributed by atoms with Crippen molar-refractivity contribution in [2.45, 2.75) is 51.4 Å². The van der Waals surface area contributed by atoms with Crippen LogP contribution in [0, 0.1) is 0 Å². The van der Waals surface area contributed by atoms with E-state index >= 15 is 0 Å².